The van der Waals surface area contributed by atoms with E-state index in [4.69, 9.17) is 0 Å². The Hall–Kier alpha value is -0.740. The molecule has 0 heterocycles. The first-order valence-electron chi connectivity index (χ1n) is 4.92. The Morgan fingerprint density at radius 3 is 2.29 bits per heavy atom. The fraction of sp³-hybridized carbons (Fsp3) is 0.0769. The molecule has 2 rings (SSSR count). The third kappa shape index (κ3) is 2.75. The van der Waals surface area contributed by atoms with Gasteiger partial charge in [0, 0.05) is 14.5 Å². The molecule has 0 unspecified atom stereocenters. The fourth-order valence-electron chi connectivity index (χ4n) is 1.67. The highest BCUT2D eigenvalue weighted by molar-refractivity contribution is 9.10. The Morgan fingerprint density at radius 1 is 0.941 bits per heavy atom. The zero-order chi connectivity index (χ0) is 12.4. The van der Waals surface area contributed by atoms with Crippen LogP contribution in [0, 0.1) is 0 Å². The van der Waals surface area contributed by atoms with Gasteiger partial charge in [0.25, 0.3) is 6.43 Å². The van der Waals surface area contributed by atoms with Gasteiger partial charge in [0.2, 0.25) is 0 Å². The van der Waals surface area contributed by atoms with Gasteiger partial charge >= 0.3 is 0 Å². The summed E-state index contributed by atoms with van der Waals surface area (Å²) >= 11 is 6.51. The van der Waals surface area contributed by atoms with Gasteiger partial charge in [0.15, 0.2) is 0 Å². The lowest BCUT2D eigenvalue weighted by molar-refractivity contribution is 0.151. The van der Waals surface area contributed by atoms with E-state index in [0.717, 1.165) is 10.0 Å². The van der Waals surface area contributed by atoms with Gasteiger partial charge in [-0.15, -0.1) is 0 Å². The van der Waals surface area contributed by atoms with Gasteiger partial charge in [-0.25, -0.2) is 8.78 Å². The monoisotopic (exact) mass is 360 g/mol. The molecule has 0 aliphatic carbocycles. The summed E-state index contributed by atoms with van der Waals surface area (Å²) in [4.78, 5) is 0. The standard InChI is InChI=1S/C13H8Br2F2/c14-9-4-1-3-8(7-9)10-5-2-6-11(15)12(10)13(16)17/h1-7,13H. The van der Waals surface area contributed by atoms with E-state index < -0.39 is 6.43 Å². The van der Waals surface area contributed by atoms with Crippen LogP contribution in [-0.2, 0) is 0 Å². The topological polar surface area (TPSA) is 0 Å². The first-order valence-corrected chi connectivity index (χ1v) is 6.50. The second kappa shape index (κ2) is 5.27. The van der Waals surface area contributed by atoms with E-state index in [2.05, 4.69) is 31.9 Å². The Balaban J connectivity index is 2.63. The molecule has 0 saturated heterocycles. The molecule has 0 atom stereocenters. The van der Waals surface area contributed by atoms with Crippen LogP contribution in [0.4, 0.5) is 8.78 Å². The van der Waals surface area contributed by atoms with Crippen molar-refractivity contribution < 1.29 is 8.78 Å². The lowest BCUT2D eigenvalue weighted by atomic mass is 10.00. The van der Waals surface area contributed by atoms with E-state index in [1.807, 2.05) is 24.3 Å². The van der Waals surface area contributed by atoms with Crippen LogP contribution in [0.2, 0.25) is 0 Å². The molecule has 0 fully saturated rings. The van der Waals surface area contributed by atoms with Crippen LogP contribution < -0.4 is 0 Å². The molecule has 0 amide bonds. The van der Waals surface area contributed by atoms with Gasteiger partial charge < -0.3 is 0 Å². The first kappa shape index (κ1) is 12.7. The summed E-state index contributed by atoms with van der Waals surface area (Å²) in [6, 6.07) is 12.4. The number of halogens is 4. The van der Waals surface area contributed by atoms with Gasteiger partial charge in [-0.1, -0.05) is 56.1 Å². The predicted octanol–water partition coefficient (Wildman–Crippen LogP) is 5.82. The largest absolute Gasteiger partial charge is 0.265 e. The van der Waals surface area contributed by atoms with Gasteiger partial charge in [-0.2, -0.15) is 0 Å². The van der Waals surface area contributed by atoms with Crippen LogP contribution in [0.15, 0.2) is 51.4 Å². The Bertz CT molecular complexity index is 539. The molecule has 0 nitrogen and oxygen atoms in total. The van der Waals surface area contributed by atoms with Crippen molar-refractivity contribution in [3.05, 3.63) is 57.0 Å². The van der Waals surface area contributed by atoms with E-state index in [1.165, 1.54) is 0 Å². The third-order valence-corrected chi connectivity index (χ3v) is 3.59. The van der Waals surface area contributed by atoms with Crippen LogP contribution in [0.5, 0.6) is 0 Å². The Morgan fingerprint density at radius 2 is 1.65 bits per heavy atom. The molecule has 0 radical (unpaired) electrons. The highest BCUT2D eigenvalue weighted by Crippen LogP contribution is 2.36. The lowest BCUT2D eigenvalue weighted by Crippen LogP contribution is -1.92. The van der Waals surface area contributed by atoms with Crippen LogP contribution in [0.25, 0.3) is 11.1 Å². The van der Waals surface area contributed by atoms with Crippen molar-refractivity contribution >= 4 is 31.9 Å². The highest BCUT2D eigenvalue weighted by Gasteiger charge is 2.17. The summed E-state index contributed by atoms with van der Waals surface area (Å²) in [5.41, 5.74) is 1.36. The van der Waals surface area contributed by atoms with Gasteiger partial charge in [0.05, 0.1) is 0 Å². The summed E-state index contributed by atoms with van der Waals surface area (Å²) in [6.45, 7) is 0. The van der Waals surface area contributed by atoms with E-state index in [1.54, 1.807) is 18.2 Å². The second-order valence-electron chi connectivity index (χ2n) is 3.51. The van der Waals surface area contributed by atoms with Crippen molar-refractivity contribution in [2.24, 2.45) is 0 Å². The van der Waals surface area contributed by atoms with Crippen molar-refractivity contribution in [1.29, 1.82) is 0 Å². The molecule has 0 spiro atoms. The molecule has 0 aliphatic heterocycles. The fourth-order valence-corrected chi connectivity index (χ4v) is 2.61. The van der Waals surface area contributed by atoms with E-state index >= 15 is 0 Å². The van der Waals surface area contributed by atoms with Crippen LogP contribution >= 0.6 is 31.9 Å². The van der Waals surface area contributed by atoms with Crippen LogP contribution in [0.1, 0.15) is 12.0 Å². The molecule has 2 aromatic carbocycles. The van der Waals surface area contributed by atoms with Crippen molar-refractivity contribution in [2.45, 2.75) is 6.43 Å². The zero-order valence-corrected chi connectivity index (χ0v) is 11.8. The van der Waals surface area contributed by atoms with Gasteiger partial charge in [0.1, 0.15) is 0 Å². The lowest BCUT2D eigenvalue weighted by Gasteiger charge is -2.11. The van der Waals surface area contributed by atoms with E-state index in [-0.39, 0.29) is 5.56 Å². The molecular weight excluding hydrogens is 354 g/mol. The minimum atomic E-state index is -2.50. The maximum absolute atomic E-state index is 13.0. The van der Waals surface area contributed by atoms with Crippen molar-refractivity contribution in [3.8, 4) is 11.1 Å². The summed E-state index contributed by atoms with van der Waals surface area (Å²) in [6.07, 6.45) is -2.50. The number of rotatable bonds is 2. The molecule has 88 valence electrons. The molecule has 0 aliphatic rings. The number of alkyl halides is 2. The molecule has 2 aromatic rings. The average Bonchev–Trinajstić information content (AvgIpc) is 2.28. The summed E-state index contributed by atoms with van der Waals surface area (Å²) in [5.74, 6) is 0. The van der Waals surface area contributed by atoms with Gasteiger partial charge in [-0.05, 0) is 29.3 Å². The smallest absolute Gasteiger partial charge is 0.205 e. The summed E-state index contributed by atoms with van der Waals surface area (Å²) in [5, 5.41) is 0. The quantitative estimate of drug-likeness (QED) is 0.632. The van der Waals surface area contributed by atoms with Crippen molar-refractivity contribution in [1.82, 2.24) is 0 Å². The molecule has 0 bridgehead atoms. The van der Waals surface area contributed by atoms with Gasteiger partial charge in [-0.3, -0.25) is 0 Å². The zero-order valence-electron chi connectivity index (χ0n) is 8.63. The van der Waals surface area contributed by atoms with E-state index in [0.29, 0.717) is 10.0 Å². The molecule has 17 heavy (non-hydrogen) atoms. The third-order valence-electron chi connectivity index (χ3n) is 2.41. The maximum atomic E-state index is 13.0. The average molecular weight is 362 g/mol. The number of hydrogen-bond donors (Lipinski definition) is 0. The predicted molar refractivity (Wildman–Crippen MR) is 72.2 cm³/mol. The first-order chi connectivity index (χ1) is 8.09. The summed E-state index contributed by atoms with van der Waals surface area (Å²) in [7, 11) is 0. The minimum absolute atomic E-state index is 0.0330. The molecule has 0 aromatic heterocycles. The normalized spacial score (nSPS) is 10.9. The molecular formula is C13H8Br2F2. The number of hydrogen-bond acceptors (Lipinski definition) is 0. The Kier molecular flexibility index (Phi) is 3.94. The Labute approximate surface area is 115 Å². The number of benzene rings is 2. The van der Waals surface area contributed by atoms with Crippen molar-refractivity contribution in [2.75, 3.05) is 0 Å². The second-order valence-corrected chi connectivity index (χ2v) is 5.28. The molecule has 0 saturated carbocycles. The maximum Gasteiger partial charge on any atom is 0.265 e. The van der Waals surface area contributed by atoms with E-state index in [9.17, 15) is 8.78 Å². The van der Waals surface area contributed by atoms with Crippen LogP contribution in [0.3, 0.4) is 0 Å². The van der Waals surface area contributed by atoms with Crippen LogP contribution in [-0.4, -0.2) is 0 Å². The summed E-state index contributed by atoms with van der Waals surface area (Å²) < 4.78 is 27.4. The van der Waals surface area contributed by atoms with Crippen molar-refractivity contribution in [3.63, 3.8) is 0 Å². The SMILES string of the molecule is FC(F)c1c(Br)cccc1-c1cccc(Br)c1. The minimum Gasteiger partial charge on any atom is -0.205 e. The highest BCUT2D eigenvalue weighted by atomic mass is 79.9. The molecule has 4 heteroatoms. The molecule has 0 N–H and O–H groups in total.